The summed E-state index contributed by atoms with van der Waals surface area (Å²) in [6, 6.07) is 1.35. The van der Waals surface area contributed by atoms with Crippen molar-refractivity contribution in [3.63, 3.8) is 0 Å². The van der Waals surface area contributed by atoms with Crippen molar-refractivity contribution < 1.29 is 18.1 Å². The SMILES string of the molecule is CCO[Si](CCC[SiH2]NC(N)=O)(OCC)OCC. The first-order chi connectivity index (χ1) is 8.60. The first-order valence-electron chi connectivity index (χ1n) is 6.55. The molecule has 0 rings (SSSR count). The van der Waals surface area contributed by atoms with Gasteiger partial charge in [0.2, 0.25) is 0 Å². The van der Waals surface area contributed by atoms with E-state index in [1.54, 1.807) is 0 Å². The Kier molecular flexibility index (Phi) is 10.3. The van der Waals surface area contributed by atoms with Crippen molar-refractivity contribution in [3.05, 3.63) is 0 Å². The van der Waals surface area contributed by atoms with Gasteiger partial charge in [0, 0.05) is 25.9 Å². The van der Waals surface area contributed by atoms with Crippen LogP contribution < -0.4 is 10.7 Å². The lowest BCUT2D eigenvalue weighted by molar-refractivity contribution is 0.0711. The fourth-order valence-corrected chi connectivity index (χ4v) is 5.79. The van der Waals surface area contributed by atoms with Gasteiger partial charge in [0.15, 0.2) is 0 Å². The molecule has 0 heterocycles. The van der Waals surface area contributed by atoms with E-state index >= 15 is 0 Å². The zero-order valence-corrected chi connectivity index (χ0v) is 14.1. The molecule has 3 N–H and O–H groups in total. The molecule has 0 fully saturated rings. The largest absolute Gasteiger partial charge is 0.500 e. The lowest BCUT2D eigenvalue weighted by atomic mass is 10.6. The number of carbonyl (C=O) groups is 1. The van der Waals surface area contributed by atoms with Crippen molar-refractivity contribution in [2.45, 2.75) is 39.3 Å². The highest BCUT2D eigenvalue weighted by Crippen LogP contribution is 2.19. The maximum atomic E-state index is 10.5. The van der Waals surface area contributed by atoms with E-state index in [4.69, 9.17) is 19.0 Å². The van der Waals surface area contributed by atoms with E-state index in [1.165, 1.54) is 0 Å². The molecule has 0 aliphatic carbocycles. The molecule has 108 valence electrons. The Labute approximate surface area is 113 Å². The molecule has 6 nitrogen and oxygen atoms in total. The van der Waals surface area contributed by atoms with Gasteiger partial charge >= 0.3 is 14.8 Å². The van der Waals surface area contributed by atoms with E-state index in [2.05, 4.69) is 4.98 Å². The maximum Gasteiger partial charge on any atom is 0.500 e. The quantitative estimate of drug-likeness (QED) is 0.432. The predicted octanol–water partition coefficient (Wildman–Crippen LogP) is 0.595. The Morgan fingerprint density at radius 3 is 2.06 bits per heavy atom. The molecular formula is C10H26N2O4Si2. The van der Waals surface area contributed by atoms with Crippen LogP contribution in [0.15, 0.2) is 0 Å². The van der Waals surface area contributed by atoms with Gasteiger partial charge in [0.05, 0.1) is 0 Å². The minimum Gasteiger partial charge on any atom is -0.374 e. The summed E-state index contributed by atoms with van der Waals surface area (Å²) in [6.45, 7) is 7.64. The van der Waals surface area contributed by atoms with Crippen LogP contribution in [0.2, 0.25) is 12.1 Å². The number of amides is 2. The number of nitrogens with one attached hydrogen (secondary N) is 1. The third kappa shape index (κ3) is 7.82. The molecule has 0 saturated carbocycles. The fraction of sp³-hybridized carbons (Fsp3) is 0.900. The van der Waals surface area contributed by atoms with Gasteiger partial charge in [0.25, 0.3) is 0 Å². The molecule has 0 aromatic rings. The monoisotopic (exact) mass is 294 g/mol. The second-order valence-corrected chi connectivity index (χ2v) is 8.02. The van der Waals surface area contributed by atoms with E-state index in [-0.39, 0.29) is 0 Å². The molecule has 18 heavy (non-hydrogen) atoms. The van der Waals surface area contributed by atoms with Gasteiger partial charge in [0.1, 0.15) is 9.68 Å². The molecule has 2 amide bonds. The predicted molar refractivity (Wildman–Crippen MR) is 76.1 cm³/mol. The molecule has 0 aliphatic rings. The van der Waals surface area contributed by atoms with E-state index in [0.29, 0.717) is 19.8 Å². The Hall–Kier alpha value is -0.416. The zero-order chi connectivity index (χ0) is 13.9. The Bertz CT molecular complexity index is 215. The summed E-state index contributed by atoms with van der Waals surface area (Å²) in [6.07, 6.45) is 0.943. The van der Waals surface area contributed by atoms with Crippen molar-refractivity contribution >= 4 is 24.5 Å². The van der Waals surface area contributed by atoms with Gasteiger partial charge in [-0.2, -0.15) is 0 Å². The molecule has 0 bridgehead atoms. The number of nitrogens with two attached hydrogens (primary N) is 1. The third-order valence-corrected chi connectivity index (χ3v) is 6.91. The third-order valence-electron chi connectivity index (χ3n) is 2.30. The van der Waals surface area contributed by atoms with Crippen LogP contribution >= 0.6 is 0 Å². The summed E-state index contributed by atoms with van der Waals surface area (Å²) in [7, 11) is -3.11. The first-order valence-corrected chi connectivity index (χ1v) is 10.2. The normalized spacial score (nSPS) is 12.2. The molecule has 0 spiro atoms. The fourth-order valence-electron chi connectivity index (χ4n) is 1.68. The minimum absolute atomic E-state index is 0.426. The van der Waals surface area contributed by atoms with Gasteiger partial charge in [-0.3, -0.25) is 4.79 Å². The molecule has 0 aromatic heterocycles. The van der Waals surface area contributed by atoms with Gasteiger partial charge in [-0.1, -0.05) is 6.42 Å². The number of hydrogen-bond donors (Lipinski definition) is 2. The summed E-state index contributed by atoms with van der Waals surface area (Å²) >= 11 is 0. The molecule has 0 aromatic carbocycles. The van der Waals surface area contributed by atoms with Crippen molar-refractivity contribution in [2.24, 2.45) is 5.73 Å². The van der Waals surface area contributed by atoms with Gasteiger partial charge in [-0.05, 0) is 26.8 Å². The van der Waals surface area contributed by atoms with Gasteiger partial charge < -0.3 is 24.0 Å². The highest BCUT2D eigenvalue weighted by Gasteiger charge is 2.39. The van der Waals surface area contributed by atoms with Crippen molar-refractivity contribution in [1.82, 2.24) is 4.98 Å². The lowest BCUT2D eigenvalue weighted by Crippen LogP contribution is -2.46. The highest BCUT2D eigenvalue weighted by atomic mass is 28.4. The molecule has 0 atom stereocenters. The van der Waals surface area contributed by atoms with Crippen LogP contribution in [0.1, 0.15) is 27.2 Å². The van der Waals surface area contributed by atoms with Gasteiger partial charge in [-0.15, -0.1) is 0 Å². The first kappa shape index (κ1) is 17.6. The molecule has 0 saturated heterocycles. The number of hydrogen-bond acceptors (Lipinski definition) is 4. The topological polar surface area (TPSA) is 82.8 Å². The van der Waals surface area contributed by atoms with E-state index in [1.807, 2.05) is 20.8 Å². The van der Waals surface area contributed by atoms with Crippen LogP contribution in [-0.4, -0.2) is 44.3 Å². The average Bonchev–Trinajstić information content (AvgIpc) is 2.29. The Balaban J connectivity index is 4.08. The number of primary amides is 1. The van der Waals surface area contributed by atoms with Crippen molar-refractivity contribution in [1.29, 1.82) is 0 Å². The van der Waals surface area contributed by atoms with Crippen LogP contribution in [0.5, 0.6) is 0 Å². The Morgan fingerprint density at radius 1 is 1.17 bits per heavy atom. The number of carbonyl (C=O) groups excluding carboxylic acids is 1. The molecule has 8 heteroatoms. The van der Waals surface area contributed by atoms with E-state index in [9.17, 15) is 4.79 Å². The van der Waals surface area contributed by atoms with Crippen molar-refractivity contribution in [2.75, 3.05) is 19.8 Å². The maximum absolute atomic E-state index is 10.5. The molecular weight excluding hydrogens is 268 g/mol. The van der Waals surface area contributed by atoms with Crippen LogP contribution in [-0.2, 0) is 13.3 Å². The smallest absolute Gasteiger partial charge is 0.374 e. The van der Waals surface area contributed by atoms with Crippen LogP contribution in [0.25, 0.3) is 0 Å². The van der Waals surface area contributed by atoms with Gasteiger partial charge in [-0.25, -0.2) is 0 Å². The molecule has 0 unspecified atom stereocenters. The summed E-state index contributed by atoms with van der Waals surface area (Å²) in [4.78, 5) is 13.2. The number of urea groups is 1. The van der Waals surface area contributed by atoms with E-state index in [0.717, 1.165) is 18.5 Å². The summed E-state index contributed by atoms with van der Waals surface area (Å²) in [5.74, 6) is 0. The second-order valence-electron chi connectivity index (χ2n) is 3.73. The summed E-state index contributed by atoms with van der Waals surface area (Å²) in [5.41, 5.74) is 5.02. The van der Waals surface area contributed by atoms with E-state index < -0.39 is 24.5 Å². The highest BCUT2D eigenvalue weighted by molar-refractivity contribution is 6.60. The zero-order valence-electron chi connectivity index (χ0n) is 11.7. The van der Waals surface area contributed by atoms with Crippen LogP contribution in [0, 0.1) is 0 Å². The summed E-state index contributed by atoms with van der Waals surface area (Å²) in [5, 5.41) is 0. The molecule has 0 radical (unpaired) electrons. The van der Waals surface area contributed by atoms with Crippen LogP contribution in [0.3, 0.4) is 0 Å². The second kappa shape index (κ2) is 10.5. The minimum atomic E-state index is -2.49. The summed E-state index contributed by atoms with van der Waals surface area (Å²) < 4.78 is 17.2. The standard InChI is InChI=1S/C10H26N2O4Si2/c1-4-14-18(15-5-2,16-6-3)9-7-8-17-12-10(11)13/h4-9,17H2,1-3H3,(H3,11,12,13). The van der Waals surface area contributed by atoms with Crippen LogP contribution in [0.4, 0.5) is 4.79 Å². The lowest BCUT2D eigenvalue weighted by Gasteiger charge is -2.28. The molecule has 0 aliphatic heterocycles. The average molecular weight is 295 g/mol. The Morgan fingerprint density at radius 2 is 1.67 bits per heavy atom. The number of rotatable bonds is 11. The van der Waals surface area contributed by atoms with Crippen molar-refractivity contribution in [3.8, 4) is 0 Å².